The van der Waals surface area contributed by atoms with Crippen LogP contribution in [-0.2, 0) is 6.54 Å². The van der Waals surface area contributed by atoms with Crippen molar-refractivity contribution in [1.82, 2.24) is 15.1 Å². The van der Waals surface area contributed by atoms with Crippen LogP contribution in [-0.4, -0.2) is 34.4 Å². The lowest BCUT2D eigenvalue weighted by Gasteiger charge is -2.12. The van der Waals surface area contributed by atoms with Gasteiger partial charge in [-0.3, -0.25) is 9.48 Å². The SMILES string of the molecule is COc1ccc(-c2nn(Cc3ccccc3)cc2C(=O)NCC(O)c2ccccc2)cc1. The second-order valence-electron chi connectivity index (χ2n) is 7.44. The molecule has 162 valence electrons. The van der Waals surface area contributed by atoms with Crippen molar-refractivity contribution in [3.8, 4) is 17.0 Å². The first-order valence-corrected chi connectivity index (χ1v) is 10.4. The second kappa shape index (κ2) is 9.94. The summed E-state index contributed by atoms with van der Waals surface area (Å²) in [6.45, 7) is 0.651. The molecule has 2 N–H and O–H groups in total. The third-order valence-electron chi connectivity index (χ3n) is 5.20. The van der Waals surface area contributed by atoms with Gasteiger partial charge in [0.2, 0.25) is 0 Å². The van der Waals surface area contributed by atoms with Gasteiger partial charge < -0.3 is 15.2 Å². The number of hydrogen-bond donors (Lipinski definition) is 2. The smallest absolute Gasteiger partial charge is 0.255 e. The lowest BCUT2D eigenvalue weighted by molar-refractivity contribution is 0.0917. The minimum Gasteiger partial charge on any atom is -0.497 e. The molecule has 4 rings (SSSR count). The molecule has 0 aliphatic heterocycles. The molecule has 0 saturated carbocycles. The van der Waals surface area contributed by atoms with E-state index >= 15 is 0 Å². The number of nitrogens with zero attached hydrogens (tertiary/aromatic N) is 2. The molecule has 1 aromatic heterocycles. The van der Waals surface area contributed by atoms with Gasteiger partial charge in [0.1, 0.15) is 11.4 Å². The first-order valence-electron chi connectivity index (χ1n) is 10.4. The predicted molar refractivity (Wildman–Crippen MR) is 123 cm³/mol. The summed E-state index contributed by atoms with van der Waals surface area (Å²) in [5.41, 5.74) is 3.68. The first-order chi connectivity index (χ1) is 15.6. The summed E-state index contributed by atoms with van der Waals surface area (Å²) in [7, 11) is 1.61. The molecule has 6 nitrogen and oxygen atoms in total. The van der Waals surface area contributed by atoms with Crippen molar-refractivity contribution in [3.63, 3.8) is 0 Å². The van der Waals surface area contributed by atoms with Crippen molar-refractivity contribution in [2.75, 3.05) is 13.7 Å². The fourth-order valence-electron chi connectivity index (χ4n) is 3.48. The molecule has 1 amide bonds. The van der Waals surface area contributed by atoms with Gasteiger partial charge in [0.15, 0.2) is 0 Å². The number of hydrogen-bond acceptors (Lipinski definition) is 4. The van der Waals surface area contributed by atoms with E-state index in [2.05, 4.69) is 5.32 Å². The van der Waals surface area contributed by atoms with Gasteiger partial charge in [0.05, 0.1) is 25.3 Å². The highest BCUT2D eigenvalue weighted by Crippen LogP contribution is 2.25. The summed E-state index contributed by atoms with van der Waals surface area (Å²) >= 11 is 0. The lowest BCUT2D eigenvalue weighted by Crippen LogP contribution is -2.28. The minimum atomic E-state index is -0.788. The van der Waals surface area contributed by atoms with Gasteiger partial charge in [-0.05, 0) is 35.4 Å². The Morgan fingerprint density at radius 1 is 1.00 bits per heavy atom. The minimum absolute atomic E-state index is 0.106. The molecule has 0 radical (unpaired) electrons. The fraction of sp³-hybridized carbons (Fsp3) is 0.154. The van der Waals surface area contributed by atoms with Crippen molar-refractivity contribution in [3.05, 3.63) is 108 Å². The number of ether oxygens (including phenoxy) is 1. The van der Waals surface area contributed by atoms with Gasteiger partial charge in [-0.2, -0.15) is 5.10 Å². The van der Waals surface area contributed by atoms with Crippen LogP contribution >= 0.6 is 0 Å². The van der Waals surface area contributed by atoms with E-state index in [-0.39, 0.29) is 12.5 Å². The summed E-state index contributed by atoms with van der Waals surface area (Å²) in [5.74, 6) is 0.444. The van der Waals surface area contributed by atoms with E-state index in [1.54, 1.807) is 18.0 Å². The molecule has 4 aromatic rings. The fourth-order valence-corrected chi connectivity index (χ4v) is 3.48. The normalized spacial score (nSPS) is 11.7. The van der Waals surface area contributed by atoms with Crippen LogP contribution in [0.5, 0.6) is 5.75 Å². The van der Waals surface area contributed by atoms with E-state index in [1.807, 2.05) is 84.9 Å². The Balaban J connectivity index is 1.58. The first kappa shape index (κ1) is 21.3. The van der Waals surface area contributed by atoms with Gasteiger partial charge in [0.25, 0.3) is 5.91 Å². The lowest BCUT2D eigenvalue weighted by atomic mass is 10.1. The van der Waals surface area contributed by atoms with E-state index in [0.29, 0.717) is 17.8 Å². The Labute approximate surface area is 187 Å². The Morgan fingerprint density at radius 3 is 2.31 bits per heavy atom. The largest absolute Gasteiger partial charge is 0.497 e. The van der Waals surface area contributed by atoms with E-state index in [9.17, 15) is 9.90 Å². The average Bonchev–Trinajstić information content (AvgIpc) is 3.27. The number of amides is 1. The number of benzene rings is 3. The highest BCUT2D eigenvalue weighted by atomic mass is 16.5. The number of carbonyl (C=O) groups is 1. The van der Waals surface area contributed by atoms with Crippen LogP contribution in [0, 0.1) is 0 Å². The molecule has 0 aliphatic rings. The number of methoxy groups -OCH3 is 1. The van der Waals surface area contributed by atoms with Crippen LogP contribution in [0.4, 0.5) is 0 Å². The highest BCUT2D eigenvalue weighted by Gasteiger charge is 2.19. The topological polar surface area (TPSA) is 76.4 Å². The molecular weight excluding hydrogens is 402 g/mol. The third kappa shape index (κ3) is 5.04. The molecule has 0 bridgehead atoms. The molecule has 1 atom stereocenters. The predicted octanol–water partition coefficient (Wildman–Crippen LogP) is 4.07. The van der Waals surface area contributed by atoms with E-state index < -0.39 is 6.10 Å². The van der Waals surface area contributed by atoms with Crippen LogP contribution in [0.25, 0.3) is 11.3 Å². The molecule has 3 aromatic carbocycles. The van der Waals surface area contributed by atoms with Gasteiger partial charge >= 0.3 is 0 Å². The van der Waals surface area contributed by atoms with Crippen LogP contribution in [0.2, 0.25) is 0 Å². The zero-order chi connectivity index (χ0) is 22.3. The average molecular weight is 428 g/mol. The third-order valence-corrected chi connectivity index (χ3v) is 5.20. The standard InChI is InChI=1S/C26H25N3O3/c1-32-22-14-12-21(13-15-22)25-23(18-29(28-25)17-19-8-4-2-5-9-19)26(31)27-16-24(30)20-10-6-3-7-11-20/h2-15,18,24,30H,16-17H2,1H3,(H,27,31). The summed E-state index contributed by atoms with van der Waals surface area (Å²) in [5, 5.41) is 17.9. The zero-order valence-electron chi connectivity index (χ0n) is 17.8. The van der Waals surface area contributed by atoms with E-state index in [4.69, 9.17) is 9.84 Å². The van der Waals surface area contributed by atoms with E-state index in [1.165, 1.54) is 0 Å². The van der Waals surface area contributed by atoms with Gasteiger partial charge in [-0.25, -0.2) is 0 Å². The Morgan fingerprint density at radius 2 is 1.66 bits per heavy atom. The summed E-state index contributed by atoms with van der Waals surface area (Å²) in [4.78, 5) is 13.1. The van der Waals surface area contributed by atoms with Crippen molar-refractivity contribution in [2.24, 2.45) is 0 Å². The maximum atomic E-state index is 13.1. The van der Waals surface area contributed by atoms with Crippen molar-refractivity contribution in [2.45, 2.75) is 12.6 Å². The summed E-state index contributed by atoms with van der Waals surface area (Å²) in [6.07, 6.45) is 0.959. The zero-order valence-corrected chi connectivity index (χ0v) is 17.8. The summed E-state index contributed by atoms with van der Waals surface area (Å²) < 4.78 is 7.00. The molecule has 1 unspecified atom stereocenters. The maximum absolute atomic E-state index is 13.1. The number of aromatic nitrogens is 2. The number of rotatable bonds is 8. The molecular formula is C26H25N3O3. The molecule has 0 fully saturated rings. The van der Waals surface area contributed by atoms with Crippen LogP contribution < -0.4 is 10.1 Å². The molecule has 0 aliphatic carbocycles. The number of aliphatic hydroxyl groups is 1. The Hall–Kier alpha value is -3.90. The van der Waals surface area contributed by atoms with Crippen LogP contribution in [0.3, 0.4) is 0 Å². The number of nitrogens with one attached hydrogen (secondary N) is 1. The van der Waals surface area contributed by atoms with Crippen molar-refractivity contribution < 1.29 is 14.6 Å². The molecule has 0 spiro atoms. The number of carbonyl (C=O) groups excluding carboxylic acids is 1. The molecule has 0 saturated heterocycles. The highest BCUT2D eigenvalue weighted by molar-refractivity contribution is 5.99. The molecule has 6 heteroatoms. The van der Waals surface area contributed by atoms with Crippen LogP contribution in [0.15, 0.2) is 91.1 Å². The van der Waals surface area contributed by atoms with Gasteiger partial charge in [-0.1, -0.05) is 60.7 Å². The summed E-state index contributed by atoms with van der Waals surface area (Å²) in [6, 6.07) is 26.6. The van der Waals surface area contributed by atoms with Crippen molar-refractivity contribution >= 4 is 5.91 Å². The maximum Gasteiger partial charge on any atom is 0.255 e. The monoisotopic (exact) mass is 427 g/mol. The molecule has 1 heterocycles. The van der Waals surface area contributed by atoms with Crippen LogP contribution in [0.1, 0.15) is 27.6 Å². The van der Waals surface area contributed by atoms with Gasteiger partial charge in [-0.15, -0.1) is 0 Å². The molecule has 32 heavy (non-hydrogen) atoms. The van der Waals surface area contributed by atoms with Crippen molar-refractivity contribution in [1.29, 1.82) is 0 Å². The number of aliphatic hydroxyl groups excluding tert-OH is 1. The second-order valence-corrected chi connectivity index (χ2v) is 7.44. The Bertz CT molecular complexity index is 1160. The quantitative estimate of drug-likeness (QED) is 0.444. The Kier molecular flexibility index (Phi) is 6.63. The van der Waals surface area contributed by atoms with Gasteiger partial charge in [0, 0.05) is 18.3 Å². The van der Waals surface area contributed by atoms with E-state index in [0.717, 1.165) is 22.4 Å².